The van der Waals surface area contributed by atoms with Crippen LogP contribution in [-0.2, 0) is 0 Å². The lowest BCUT2D eigenvalue weighted by Crippen LogP contribution is -2.44. The molecule has 0 bridgehead atoms. The number of hydrogen-bond donors (Lipinski definition) is 0. The average Bonchev–Trinajstić information content (AvgIpc) is 1.81. The fraction of sp³-hybridized carbons (Fsp3) is 1.00. The Morgan fingerprint density at radius 3 is 2.00 bits per heavy atom. The van der Waals surface area contributed by atoms with E-state index in [0.717, 1.165) is 12.8 Å². The van der Waals surface area contributed by atoms with Gasteiger partial charge in [-0.1, -0.05) is 19.8 Å². The Hall–Kier alpha value is -0.180. The van der Waals surface area contributed by atoms with E-state index < -0.39 is 5.92 Å². The van der Waals surface area contributed by atoms with E-state index in [0.29, 0.717) is 10.9 Å². The summed E-state index contributed by atoms with van der Waals surface area (Å²) in [6.45, 7) is 1.97. The van der Waals surface area contributed by atoms with Crippen molar-refractivity contribution >= 4 is 0 Å². The minimum atomic E-state index is -2.49. The molecule has 0 unspecified atom stereocenters. The monoisotopic (exact) mass is 194 g/mol. The van der Waals surface area contributed by atoms with Crippen molar-refractivity contribution in [3.05, 3.63) is 0 Å². The van der Waals surface area contributed by atoms with Gasteiger partial charge in [-0.3, -0.25) is 0 Å². The zero-order valence-electron chi connectivity index (χ0n) is 9.24. The summed E-state index contributed by atoms with van der Waals surface area (Å²) < 4.78 is 26.8. The maximum Gasteiger partial charge on any atom is 0.295 e. The van der Waals surface area contributed by atoms with Gasteiger partial charge in [0.1, 0.15) is 6.54 Å². The minimum absolute atomic E-state index is 0.0381. The number of alkyl halides is 2. The van der Waals surface area contributed by atoms with E-state index in [9.17, 15) is 8.78 Å². The Labute approximate surface area is 80.3 Å². The Balaban J connectivity index is 3.80. The molecule has 1 nitrogen and oxygen atoms in total. The molecule has 0 fully saturated rings. The van der Waals surface area contributed by atoms with Crippen LogP contribution in [-0.4, -0.2) is 38.1 Å². The van der Waals surface area contributed by atoms with Crippen LogP contribution < -0.4 is 0 Å². The second kappa shape index (κ2) is 4.89. The van der Waals surface area contributed by atoms with Crippen LogP contribution in [0.2, 0.25) is 0 Å². The molecule has 0 aliphatic rings. The molecule has 0 radical (unpaired) electrons. The van der Waals surface area contributed by atoms with Crippen molar-refractivity contribution in [3.8, 4) is 0 Å². The molecular formula is C10H22F2N+. The fourth-order valence-corrected chi connectivity index (χ4v) is 1.41. The van der Waals surface area contributed by atoms with E-state index >= 15 is 0 Å². The summed E-state index contributed by atoms with van der Waals surface area (Å²) in [4.78, 5) is 0. The highest BCUT2D eigenvalue weighted by Crippen LogP contribution is 2.23. The number of halogens is 2. The molecular weight excluding hydrogens is 172 g/mol. The summed E-state index contributed by atoms with van der Waals surface area (Å²) in [6.07, 6.45) is 2.59. The molecule has 0 aromatic carbocycles. The van der Waals surface area contributed by atoms with Gasteiger partial charge in [-0.2, -0.15) is 0 Å². The van der Waals surface area contributed by atoms with E-state index in [1.807, 2.05) is 6.92 Å². The zero-order valence-corrected chi connectivity index (χ0v) is 9.24. The molecule has 3 heteroatoms. The number of rotatable bonds is 6. The summed E-state index contributed by atoms with van der Waals surface area (Å²) in [5.74, 6) is -2.49. The molecule has 0 heterocycles. The summed E-state index contributed by atoms with van der Waals surface area (Å²) in [5, 5.41) is 0. The molecule has 0 aromatic rings. The van der Waals surface area contributed by atoms with Gasteiger partial charge in [0.05, 0.1) is 21.1 Å². The summed E-state index contributed by atoms with van der Waals surface area (Å²) >= 11 is 0. The largest absolute Gasteiger partial charge is 0.326 e. The van der Waals surface area contributed by atoms with Crippen LogP contribution in [0.4, 0.5) is 8.78 Å². The first-order chi connectivity index (χ1) is 5.77. The van der Waals surface area contributed by atoms with Gasteiger partial charge in [0.25, 0.3) is 5.92 Å². The number of unbranched alkanes of at least 4 members (excludes halogenated alkanes) is 2. The first kappa shape index (κ1) is 12.8. The van der Waals surface area contributed by atoms with Gasteiger partial charge in [0.15, 0.2) is 0 Å². The maximum atomic E-state index is 13.2. The third-order valence-electron chi connectivity index (χ3n) is 1.85. The molecule has 0 saturated heterocycles. The van der Waals surface area contributed by atoms with E-state index in [1.54, 1.807) is 21.1 Å². The topological polar surface area (TPSA) is 0 Å². The molecule has 0 aromatic heterocycles. The van der Waals surface area contributed by atoms with Gasteiger partial charge >= 0.3 is 0 Å². The Kier molecular flexibility index (Phi) is 4.82. The molecule has 0 aliphatic carbocycles. The van der Waals surface area contributed by atoms with Crippen LogP contribution in [0.15, 0.2) is 0 Å². The van der Waals surface area contributed by atoms with Crippen LogP contribution in [0.1, 0.15) is 32.6 Å². The lowest BCUT2D eigenvalue weighted by atomic mass is 10.1. The maximum absolute atomic E-state index is 13.2. The normalized spacial score (nSPS) is 13.4. The van der Waals surface area contributed by atoms with Crippen molar-refractivity contribution in [1.29, 1.82) is 0 Å². The molecule has 0 N–H and O–H groups in total. The Morgan fingerprint density at radius 2 is 1.62 bits per heavy atom. The third-order valence-corrected chi connectivity index (χ3v) is 1.85. The van der Waals surface area contributed by atoms with Crippen LogP contribution in [0.5, 0.6) is 0 Å². The molecule has 0 atom stereocenters. The van der Waals surface area contributed by atoms with E-state index in [4.69, 9.17) is 0 Å². The van der Waals surface area contributed by atoms with Crippen LogP contribution >= 0.6 is 0 Å². The summed E-state index contributed by atoms with van der Waals surface area (Å²) in [6, 6.07) is 0. The predicted molar refractivity (Wildman–Crippen MR) is 52.0 cm³/mol. The average molecular weight is 194 g/mol. The van der Waals surface area contributed by atoms with Gasteiger partial charge in [0.2, 0.25) is 0 Å². The first-order valence-corrected chi connectivity index (χ1v) is 4.95. The molecule has 80 valence electrons. The molecule has 0 rings (SSSR count). The van der Waals surface area contributed by atoms with E-state index in [2.05, 4.69) is 0 Å². The zero-order chi connectivity index (χ0) is 10.5. The molecule has 0 amide bonds. The van der Waals surface area contributed by atoms with Crippen molar-refractivity contribution < 1.29 is 13.3 Å². The fourth-order valence-electron chi connectivity index (χ4n) is 1.41. The minimum Gasteiger partial charge on any atom is -0.326 e. The van der Waals surface area contributed by atoms with Crippen molar-refractivity contribution in [2.75, 3.05) is 27.7 Å². The van der Waals surface area contributed by atoms with Gasteiger partial charge in [0, 0.05) is 6.42 Å². The lowest BCUT2D eigenvalue weighted by Gasteiger charge is -2.28. The highest BCUT2D eigenvalue weighted by Gasteiger charge is 2.34. The van der Waals surface area contributed by atoms with Crippen LogP contribution in [0.3, 0.4) is 0 Å². The first-order valence-electron chi connectivity index (χ1n) is 4.95. The van der Waals surface area contributed by atoms with E-state index in [-0.39, 0.29) is 13.0 Å². The standard InChI is InChI=1S/C10H22F2N/c1-5-6-7-8-10(11,12)9-13(2,3)4/h5-9H2,1-4H3/q+1. The number of hydrogen-bond acceptors (Lipinski definition) is 0. The molecule has 0 saturated carbocycles. The van der Waals surface area contributed by atoms with Crippen LogP contribution in [0, 0.1) is 0 Å². The smallest absolute Gasteiger partial charge is 0.295 e. The predicted octanol–water partition coefficient (Wildman–Crippen LogP) is 2.91. The molecule has 0 spiro atoms. The summed E-state index contributed by atoms with van der Waals surface area (Å²) in [7, 11) is 5.40. The molecule has 13 heavy (non-hydrogen) atoms. The number of quaternary nitrogens is 1. The van der Waals surface area contributed by atoms with Gasteiger partial charge in [-0.25, -0.2) is 8.78 Å². The van der Waals surface area contributed by atoms with Crippen molar-refractivity contribution in [2.45, 2.75) is 38.5 Å². The van der Waals surface area contributed by atoms with Gasteiger partial charge in [-0.15, -0.1) is 0 Å². The lowest BCUT2D eigenvalue weighted by molar-refractivity contribution is -0.878. The van der Waals surface area contributed by atoms with Gasteiger partial charge < -0.3 is 4.48 Å². The SMILES string of the molecule is CCCCCC(F)(F)C[N+](C)(C)C. The van der Waals surface area contributed by atoms with Crippen molar-refractivity contribution in [2.24, 2.45) is 0 Å². The highest BCUT2D eigenvalue weighted by atomic mass is 19.3. The highest BCUT2D eigenvalue weighted by molar-refractivity contribution is 4.64. The quantitative estimate of drug-likeness (QED) is 0.450. The van der Waals surface area contributed by atoms with Crippen molar-refractivity contribution in [3.63, 3.8) is 0 Å². The van der Waals surface area contributed by atoms with E-state index in [1.165, 1.54) is 0 Å². The van der Waals surface area contributed by atoms with Crippen molar-refractivity contribution in [1.82, 2.24) is 0 Å². The van der Waals surface area contributed by atoms with Crippen LogP contribution in [0.25, 0.3) is 0 Å². The summed E-state index contributed by atoms with van der Waals surface area (Å²) in [5.41, 5.74) is 0. The second-order valence-electron chi connectivity index (χ2n) is 4.76. The Morgan fingerprint density at radius 1 is 1.08 bits per heavy atom. The van der Waals surface area contributed by atoms with Gasteiger partial charge in [-0.05, 0) is 6.42 Å². The second-order valence-corrected chi connectivity index (χ2v) is 4.76. The molecule has 0 aliphatic heterocycles. The Bertz CT molecular complexity index is 138. The number of nitrogens with zero attached hydrogens (tertiary/aromatic N) is 1. The third kappa shape index (κ3) is 8.16.